The van der Waals surface area contributed by atoms with E-state index in [0.29, 0.717) is 24.7 Å². The van der Waals surface area contributed by atoms with Crippen LogP contribution in [0.15, 0.2) is 48.5 Å². The van der Waals surface area contributed by atoms with Gasteiger partial charge in [-0.15, -0.1) is 0 Å². The van der Waals surface area contributed by atoms with Crippen LogP contribution in [0.2, 0.25) is 5.02 Å². The lowest BCUT2D eigenvalue weighted by molar-refractivity contribution is -0.125. The molecule has 0 spiro atoms. The molecule has 1 aliphatic heterocycles. The normalized spacial score (nSPS) is 19.0. The summed E-state index contributed by atoms with van der Waals surface area (Å²) in [5.41, 5.74) is 2.26. The van der Waals surface area contributed by atoms with Crippen molar-refractivity contribution in [3.05, 3.63) is 64.7 Å². The van der Waals surface area contributed by atoms with Crippen molar-refractivity contribution in [2.24, 2.45) is 0 Å². The molecule has 2 aromatic carbocycles. The number of methoxy groups -OCH3 is 2. The molecule has 0 bridgehead atoms. The van der Waals surface area contributed by atoms with Crippen LogP contribution >= 0.6 is 11.6 Å². The standard InChI is InChI=1S/C23H30ClN3O3/c1-29-10-9-25-23(28)22-13-20(26-14-17-5-4-8-21(12-17)30-2)16-27(22)15-18-6-3-7-19(24)11-18/h3-8,11-12,20,22,26H,9-10,13-16H2,1-2H3,(H,25,28)/t20-,22-/m0/s1. The van der Waals surface area contributed by atoms with E-state index in [1.807, 2.05) is 42.5 Å². The smallest absolute Gasteiger partial charge is 0.237 e. The molecule has 6 nitrogen and oxygen atoms in total. The fourth-order valence-corrected chi connectivity index (χ4v) is 4.02. The van der Waals surface area contributed by atoms with Crippen LogP contribution in [-0.2, 0) is 22.6 Å². The van der Waals surface area contributed by atoms with E-state index >= 15 is 0 Å². The lowest BCUT2D eigenvalue weighted by Gasteiger charge is -2.23. The molecule has 2 atom stereocenters. The Morgan fingerprint density at radius 3 is 2.73 bits per heavy atom. The number of halogens is 1. The third-order valence-electron chi connectivity index (χ3n) is 5.32. The summed E-state index contributed by atoms with van der Waals surface area (Å²) in [7, 11) is 3.30. The molecule has 0 radical (unpaired) electrons. The Morgan fingerprint density at radius 2 is 1.97 bits per heavy atom. The first kappa shape index (κ1) is 22.6. The average Bonchev–Trinajstić information content (AvgIpc) is 3.15. The van der Waals surface area contributed by atoms with Crippen molar-refractivity contribution < 1.29 is 14.3 Å². The monoisotopic (exact) mass is 431 g/mol. The van der Waals surface area contributed by atoms with E-state index in [0.717, 1.165) is 36.4 Å². The van der Waals surface area contributed by atoms with E-state index in [2.05, 4.69) is 21.6 Å². The average molecular weight is 432 g/mol. The van der Waals surface area contributed by atoms with Crippen molar-refractivity contribution in [3.8, 4) is 5.75 Å². The summed E-state index contributed by atoms with van der Waals surface area (Å²) in [4.78, 5) is 15.0. The van der Waals surface area contributed by atoms with E-state index in [9.17, 15) is 4.79 Å². The van der Waals surface area contributed by atoms with E-state index in [-0.39, 0.29) is 18.0 Å². The lowest BCUT2D eigenvalue weighted by Crippen LogP contribution is -2.43. The Labute approximate surface area is 183 Å². The molecule has 1 saturated heterocycles. The topological polar surface area (TPSA) is 62.8 Å². The fourth-order valence-electron chi connectivity index (χ4n) is 3.81. The number of hydrogen-bond donors (Lipinski definition) is 2. The highest BCUT2D eigenvalue weighted by Crippen LogP contribution is 2.23. The summed E-state index contributed by atoms with van der Waals surface area (Å²) in [6.07, 6.45) is 0.753. The van der Waals surface area contributed by atoms with E-state index in [1.165, 1.54) is 0 Å². The van der Waals surface area contributed by atoms with Crippen LogP contribution in [-0.4, -0.2) is 56.8 Å². The van der Waals surface area contributed by atoms with Gasteiger partial charge in [0.15, 0.2) is 0 Å². The molecule has 1 heterocycles. The van der Waals surface area contributed by atoms with Gasteiger partial charge < -0.3 is 20.1 Å². The summed E-state index contributed by atoms with van der Waals surface area (Å²) in [5.74, 6) is 0.887. The van der Waals surface area contributed by atoms with Gasteiger partial charge in [0.25, 0.3) is 0 Å². The summed E-state index contributed by atoms with van der Waals surface area (Å²) in [5, 5.41) is 7.30. The van der Waals surface area contributed by atoms with Gasteiger partial charge in [0, 0.05) is 44.4 Å². The van der Waals surface area contributed by atoms with Gasteiger partial charge >= 0.3 is 0 Å². The molecule has 7 heteroatoms. The molecule has 0 saturated carbocycles. The Kier molecular flexibility index (Phi) is 8.51. The molecule has 3 rings (SSSR count). The first-order chi connectivity index (χ1) is 14.6. The van der Waals surface area contributed by atoms with Crippen molar-refractivity contribution >= 4 is 17.5 Å². The molecule has 0 unspecified atom stereocenters. The number of ether oxygens (including phenoxy) is 2. The maximum atomic E-state index is 12.8. The predicted octanol–water partition coefficient (Wildman–Crippen LogP) is 2.84. The zero-order valence-corrected chi connectivity index (χ0v) is 18.3. The second kappa shape index (κ2) is 11.3. The van der Waals surface area contributed by atoms with Gasteiger partial charge in [-0.2, -0.15) is 0 Å². The number of hydrogen-bond acceptors (Lipinski definition) is 5. The van der Waals surface area contributed by atoms with Crippen molar-refractivity contribution in [1.82, 2.24) is 15.5 Å². The molecule has 0 aliphatic carbocycles. The number of amides is 1. The SMILES string of the molecule is COCCNC(=O)[C@@H]1C[C@H](NCc2cccc(OC)c2)CN1Cc1cccc(Cl)c1. The quantitative estimate of drug-likeness (QED) is 0.566. The van der Waals surface area contributed by atoms with Gasteiger partial charge in [0.05, 0.1) is 19.8 Å². The minimum Gasteiger partial charge on any atom is -0.497 e. The number of nitrogens with one attached hydrogen (secondary N) is 2. The van der Waals surface area contributed by atoms with Gasteiger partial charge in [-0.1, -0.05) is 35.9 Å². The number of likely N-dealkylation sites (tertiary alicyclic amines) is 1. The molecule has 1 amide bonds. The van der Waals surface area contributed by atoms with E-state index in [1.54, 1.807) is 14.2 Å². The van der Waals surface area contributed by atoms with E-state index in [4.69, 9.17) is 21.1 Å². The number of carbonyl (C=O) groups excluding carboxylic acids is 1. The number of carbonyl (C=O) groups is 1. The third kappa shape index (κ3) is 6.44. The predicted molar refractivity (Wildman–Crippen MR) is 119 cm³/mol. The van der Waals surface area contributed by atoms with Crippen LogP contribution in [0.4, 0.5) is 0 Å². The minimum absolute atomic E-state index is 0.0414. The Bertz CT molecular complexity index is 833. The minimum atomic E-state index is -0.191. The second-order valence-electron chi connectivity index (χ2n) is 7.52. The van der Waals surface area contributed by atoms with Crippen LogP contribution in [0.3, 0.4) is 0 Å². The van der Waals surface area contributed by atoms with Gasteiger partial charge in [-0.25, -0.2) is 0 Å². The zero-order chi connectivity index (χ0) is 21.3. The largest absolute Gasteiger partial charge is 0.497 e. The summed E-state index contributed by atoms with van der Waals surface area (Å²) in [6.45, 7) is 3.22. The van der Waals surface area contributed by atoms with Crippen LogP contribution in [0, 0.1) is 0 Å². The molecule has 0 aromatic heterocycles. The van der Waals surface area contributed by atoms with Crippen LogP contribution in [0.1, 0.15) is 17.5 Å². The van der Waals surface area contributed by atoms with Crippen molar-refractivity contribution in [2.75, 3.05) is 33.9 Å². The van der Waals surface area contributed by atoms with Gasteiger partial charge in [-0.3, -0.25) is 9.69 Å². The Morgan fingerprint density at radius 1 is 1.17 bits per heavy atom. The maximum absolute atomic E-state index is 12.8. The van der Waals surface area contributed by atoms with Gasteiger partial charge in [0.1, 0.15) is 5.75 Å². The number of nitrogens with zero attached hydrogens (tertiary/aromatic N) is 1. The molecule has 162 valence electrons. The Balaban J connectivity index is 1.64. The molecule has 1 aliphatic rings. The lowest BCUT2D eigenvalue weighted by atomic mass is 10.1. The van der Waals surface area contributed by atoms with Gasteiger partial charge in [0.2, 0.25) is 5.91 Å². The molecular formula is C23H30ClN3O3. The third-order valence-corrected chi connectivity index (χ3v) is 5.55. The zero-order valence-electron chi connectivity index (χ0n) is 17.6. The molecule has 1 fully saturated rings. The molecule has 2 N–H and O–H groups in total. The summed E-state index contributed by atoms with van der Waals surface area (Å²) in [6, 6.07) is 15.9. The number of benzene rings is 2. The van der Waals surface area contributed by atoms with Crippen molar-refractivity contribution in [2.45, 2.75) is 31.6 Å². The molecule has 2 aromatic rings. The molecule has 30 heavy (non-hydrogen) atoms. The first-order valence-electron chi connectivity index (χ1n) is 10.2. The summed E-state index contributed by atoms with van der Waals surface area (Å²) >= 11 is 6.15. The number of rotatable bonds is 10. The Hall–Kier alpha value is -2.12. The highest BCUT2D eigenvalue weighted by molar-refractivity contribution is 6.30. The fraction of sp³-hybridized carbons (Fsp3) is 0.435. The molecular weight excluding hydrogens is 402 g/mol. The van der Waals surface area contributed by atoms with Crippen molar-refractivity contribution in [1.29, 1.82) is 0 Å². The van der Waals surface area contributed by atoms with Gasteiger partial charge in [-0.05, 0) is 41.8 Å². The highest BCUT2D eigenvalue weighted by atomic mass is 35.5. The van der Waals surface area contributed by atoms with Crippen LogP contribution in [0.25, 0.3) is 0 Å². The first-order valence-corrected chi connectivity index (χ1v) is 10.6. The summed E-state index contributed by atoms with van der Waals surface area (Å²) < 4.78 is 10.4. The van der Waals surface area contributed by atoms with Crippen LogP contribution < -0.4 is 15.4 Å². The maximum Gasteiger partial charge on any atom is 0.237 e. The highest BCUT2D eigenvalue weighted by Gasteiger charge is 2.36. The second-order valence-corrected chi connectivity index (χ2v) is 7.96. The van der Waals surface area contributed by atoms with Crippen molar-refractivity contribution in [3.63, 3.8) is 0 Å². The van der Waals surface area contributed by atoms with Crippen LogP contribution in [0.5, 0.6) is 5.75 Å². The van der Waals surface area contributed by atoms with E-state index < -0.39 is 0 Å².